The van der Waals surface area contributed by atoms with Gasteiger partial charge in [-0.15, -0.1) is 0 Å². The Morgan fingerprint density at radius 3 is 1.83 bits per heavy atom. The van der Waals surface area contributed by atoms with E-state index in [1.165, 1.54) is 0 Å². The molecule has 1 rings (SSSR count). The summed E-state index contributed by atoms with van der Waals surface area (Å²) < 4.78 is 20.0. The molecule has 7 nitrogen and oxygen atoms in total. The van der Waals surface area contributed by atoms with Crippen LogP contribution < -0.4 is 0 Å². The van der Waals surface area contributed by atoms with E-state index < -0.39 is 5.97 Å². The minimum Gasteiger partial charge on any atom is -0.508 e. The minimum absolute atomic E-state index is 0.0204. The van der Waals surface area contributed by atoms with Gasteiger partial charge in [-0.25, -0.2) is 4.79 Å². The Morgan fingerprint density at radius 2 is 1.42 bits per heavy atom. The third kappa shape index (κ3) is 16.4. The largest absolute Gasteiger partial charge is 0.508 e. The highest BCUT2D eigenvalue weighted by atomic mass is 16.6. The van der Waals surface area contributed by atoms with Gasteiger partial charge < -0.3 is 29.2 Å². The number of benzene rings is 1. The second-order valence-corrected chi connectivity index (χ2v) is 4.27. The Hall–Kier alpha value is -1.93. The molecule has 136 valence electrons. The molecule has 1 aromatic rings. The molecule has 0 aliphatic carbocycles. The third-order valence-corrected chi connectivity index (χ3v) is 2.37. The van der Waals surface area contributed by atoms with Crippen molar-refractivity contribution in [2.75, 3.05) is 52.9 Å². The summed E-state index contributed by atoms with van der Waals surface area (Å²) in [6.45, 7) is 5.98. The van der Waals surface area contributed by atoms with Gasteiger partial charge in [-0.2, -0.15) is 0 Å². The van der Waals surface area contributed by atoms with E-state index in [0.29, 0.717) is 45.4 Å². The summed E-state index contributed by atoms with van der Waals surface area (Å²) in [5, 5.41) is 17.1. The first-order valence-corrected chi connectivity index (χ1v) is 7.58. The van der Waals surface area contributed by atoms with Gasteiger partial charge in [0.25, 0.3) is 0 Å². The van der Waals surface area contributed by atoms with E-state index in [0.717, 1.165) is 6.08 Å². The number of para-hydroxylation sites is 1. The first-order chi connectivity index (χ1) is 11.7. The number of phenolic OH excluding ortho intramolecular Hbond substituents is 1. The fourth-order valence-corrected chi connectivity index (χ4v) is 1.29. The molecular formula is C17H26O7. The predicted octanol–water partition coefficient (Wildman–Crippen LogP) is 1.15. The van der Waals surface area contributed by atoms with Crippen LogP contribution in [0.25, 0.3) is 0 Å². The maximum Gasteiger partial charge on any atom is 0.330 e. The molecule has 24 heavy (non-hydrogen) atoms. The molecule has 0 saturated carbocycles. The maximum absolute atomic E-state index is 10.6. The van der Waals surface area contributed by atoms with Crippen molar-refractivity contribution in [3.05, 3.63) is 43.0 Å². The number of rotatable bonds is 12. The summed E-state index contributed by atoms with van der Waals surface area (Å²) in [5.74, 6) is -0.131. The van der Waals surface area contributed by atoms with Crippen molar-refractivity contribution >= 4 is 5.97 Å². The summed E-state index contributed by atoms with van der Waals surface area (Å²) in [4.78, 5) is 10.6. The molecule has 0 atom stereocenters. The van der Waals surface area contributed by atoms with Crippen LogP contribution in [-0.4, -0.2) is 69.0 Å². The van der Waals surface area contributed by atoms with Crippen LogP contribution in [0.5, 0.6) is 5.75 Å². The molecule has 0 aliphatic heterocycles. The Labute approximate surface area is 142 Å². The number of carbonyl (C=O) groups excluding carboxylic acids is 1. The Bertz CT molecular complexity index is 409. The van der Waals surface area contributed by atoms with E-state index in [4.69, 9.17) is 29.2 Å². The van der Waals surface area contributed by atoms with E-state index in [2.05, 4.69) is 6.58 Å². The number of aliphatic hydroxyl groups is 1. The van der Waals surface area contributed by atoms with Crippen LogP contribution in [0, 0.1) is 0 Å². The van der Waals surface area contributed by atoms with Crippen molar-refractivity contribution in [2.45, 2.75) is 0 Å². The summed E-state index contributed by atoms with van der Waals surface area (Å²) in [6, 6.07) is 8.71. The van der Waals surface area contributed by atoms with Gasteiger partial charge in [-0.1, -0.05) is 24.8 Å². The average molecular weight is 342 g/mol. The third-order valence-electron chi connectivity index (χ3n) is 2.37. The fraction of sp³-hybridized carbons (Fsp3) is 0.471. The minimum atomic E-state index is -0.453. The molecule has 0 bridgehead atoms. The highest BCUT2D eigenvalue weighted by Crippen LogP contribution is 2.02. The highest BCUT2D eigenvalue weighted by Gasteiger charge is 1.95. The fourth-order valence-electron chi connectivity index (χ4n) is 1.29. The second kappa shape index (κ2) is 17.4. The zero-order valence-corrected chi connectivity index (χ0v) is 13.8. The molecule has 0 heterocycles. The topological polar surface area (TPSA) is 94.5 Å². The quantitative estimate of drug-likeness (QED) is 0.334. The van der Waals surface area contributed by atoms with Gasteiger partial charge in [-0.3, -0.25) is 0 Å². The summed E-state index contributed by atoms with van der Waals surface area (Å²) in [7, 11) is 0. The summed E-state index contributed by atoms with van der Waals surface area (Å²) in [5.41, 5.74) is 0. The zero-order chi connectivity index (χ0) is 17.9. The first kappa shape index (κ1) is 22.1. The molecule has 0 saturated heterocycles. The van der Waals surface area contributed by atoms with Crippen molar-refractivity contribution in [2.24, 2.45) is 0 Å². The number of aliphatic hydroxyl groups excluding tert-OH is 1. The predicted molar refractivity (Wildman–Crippen MR) is 88.8 cm³/mol. The lowest BCUT2D eigenvalue weighted by Crippen LogP contribution is -2.13. The van der Waals surface area contributed by atoms with Crippen molar-refractivity contribution in [3.63, 3.8) is 0 Å². The Morgan fingerprint density at radius 1 is 0.917 bits per heavy atom. The van der Waals surface area contributed by atoms with Crippen LogP contribution in [0.1, 0.15) is 0 Å². The number of hydrogen-bond acceptors (Lipinski definition) is 7. The van der Waals surface area contributed by atoms with Crippen LogP contribution in [0.3, 0.4) is 0 Å². The molecule has 0 amide bonds. The zero-order valence-electron chi connectivity index (χ0n) is 13.8. The molecular weight excluding hydrogens is 316 g/mol. The van der Waals surface area contributed by atoms with Crippen molar-refractivity contribution in [1.82, 2.24) is 0 Å². The van der Waals surface area contributed by atoms with Gasteiger partial charge in [0.15, 0.2) is 0 Å². The number of ether oxygens (including phenoxy) is 4. The maximum atomic E-state index is 10.6. The molecule has 7 heteroatoms. The Balaban J connectivity index is 0.000000620. The molecule has 0 aromatic heterocycles. The van der Waals surface area contributed by atoms with Crippen LogP contribution in [0.2, 0.25) is 0 Å². The van der Waals surface area contributed by atoms with Gasteiger partial charge in [-0.05, 0) is 12.1 Å². The second-order valence-electron chi connectivity index (χ2n) is 4.27. The number of carbonyl (C=O) groups is 1. The average Bonchev–Trinajstić information content (AvgIpc) is 2.60. The van der Waals surface area contributed by atoms with Crippen LogP contribution in [-0.2, 0) is 23.7 Å². The lowest BCUT2D eigenvalue weighted by atomic mass is 10.3. The summed E-state index contributed by atoms with van der Waals surface area (Å²) >= 11 is 0. The molecule has 1 aromatic carbocycles. The van der Waals surface area contributed by atoms with Crippen LogP contribution in [0.15, 0.2) is 43.0 Å². The highest BCUT2D eigenvalue weighted by molar-refractivity contribution is 5.81. The van der Waals surface area contributed by atoms with E-state index in [-0.39, 0.29) is 13.2 Å². The molecule has 0 radical (unpaired) electrons. The smallest absolute Gasteiger partial charge is 0.330 e. The molecule has 0 unspecified atom stereocenters. The van der Waals surface area contributed by atoms with Crippen LogP contribution >= 0.6 is 0 Å². The molecule has 0 aliphatic rings. The summed E-state index contributed by atoms with van der Waals surface area (Å²) in [6.07, 6.45) is 1.11. The SMILES string of the molecule is C=CC(=O)OCCOCCOCCOCCO.Oc1ccccc1. The normalized spacial score (nSPS) is 9.71. The Kier molecular flexibility index (Phi) is 16.0. The number of hydrogen-bond donors (Lipinski definition) is 2. The molecule has 0 spiro atoms. The van der Waals surface area contributed by atoms with Crippen LogP contribution in [0.4, 0.5) is 0 Å². The van der Waals surface area contributed by atoms with Gasteiger partial charge in [0.1, 0.15) is 12.4 Å². The molecule has 2 N–H and O–H groups in total. The number of esters is 1. The van der Waals surface area contributed by atoms with Gasteiger partial charge in [0.05, 0.1) is 46.2 Å². The monoisotopic (exact) mass is 342 g/mol. The van der Waals surface area contributed by atoms with Gasteiger partial charge in [0.2, 0.25) is 0 Å². The van der Waals surface area contributed by atoms with Gasteiger partial charge in [0, 0.05) is 6.08 Å². The van der Waals surface area contributed by atoms with E-state index in [1.54, 1.807) is 24.3 Å². The van der Waals surface area contributed by atoms with E-state index in [9.17, 15) is 4.79 Å². The van der Waals surface area contributed by atoms with Gasteiger partial charge >= 0.3 is 5.97 Å². The number of aromatic hydroxyl groups is 1. The molecule has 0 fully saturated rings. The van der Waals surface area contributed by atoms with Crippen molar-refractivity contribution in [1.29, 1.82) is 0 Å². The first-order valence-electron chi connectivity index (χ1n) is 7.58. The number of phenols is 1. The standard InChI is InChI=1S/C11H20O6.C6H6O/c1-2-11(13)17-10-9-16-8-7-15-6-5-14-4-3-12;7-6-4-2-1-3-5-6/h2,12H,1,3-10H2;1-5,7H. The van der Waals surface area contributed by atoms with Crippen molar-refractivity contribution in [3.8, 4) is 5.75 Å². The van der Waals surface area contributed by atoms with Crippen molar-refractivity contribution < 1.29 is 34.0 Å². The van der Waals surface area contributed by atoms with E-state index in [1.807, 2.05) is 6.07 Å². The lowest BCUT2D eigenvalue weighted by molar-refractivity contribution is -0.139. The lowest BCUT2D eigenvalue weighted by Gasteiger charge is -2.06. The van der Waals surface area contributed by atoms with E-state index >= 15 is 0 Å².